The van der Waals surface area contributed by atoms with E-state index < -0.39 is 0 Å². The number of rotatable bonds is 4. The van der Waals surface area contributed by atoms with Crippen molar-refractivity contribution in [3.8, 4) is 0 Å². The number of nitro benzene ring substituents is 1. The third-order valence-corrected chi connectivity index (χ3v) is 4.11. The van der Waals surface area contributed by atoms with Crippen molar-refractivity contribution < 1.29 is 9.72 Å². The first-order valence-electron chi connectivity index (χ1n) is 7.28. The van der Waals surface area contributed by atoms with Crippen molar-refractivity contribution in [2.45, 2.75) is 19.8 Å². The zero-order valence-electron chi connectivity index (χ0n) is 12.5. The van der Waals surface area contributed by atoms with Crippen LogP contribution < -0.4 is 4.90 Å². The van der Waals surface area contributed by atoms with Crippen LogP contribution in [0.25, 0.3) is 0 Å². The van der Waals surface area contributed by atoms with Crippen molar-refractivity contribution in [1.82, 2.24) is 4.90 Å². The Kier molecular flexibility index (Phi) is 4.77. The molecule has 0 saturated carbocycles. The summed E-state index contributed by atoms with van der Waals surface area (Å²) in [5, 5.41) is 11.1. The molecule has 1 aliphatic heterocycles. The number of nitro groups is 1. The molecule has 1 heterocycles. The van der Waals surface area contributed by atoms with Gasteiger partial charge < -0.3 is 9.80 Å². The molecule has 1 aromatic rings. The molecule has 0 unspecified atom stereocenters. The largest absolute Gasteiger partial charge is 0.366 e. The molecular formula is C15H21N3O3. The van der Waals surface area contributed by atoms with Gasteiger partial charge in [0.05, 0.1) is 4.92 Å². The monoisotopic (exact) mass is 291 g/mol. The predicted molar refractivity (Wildman–Crippen MR) is 81.3 cm³/mol. The van der Waals surface area contributed by atoms with Gasteiger partial charge in [0.2, 0.25) is 5.91 Å². The Bertz CT molecular complexity index is 525. The van der Waals surface area contributed by atoms with Gasteiger partial charge in [0.25, 0.3) is 5.69 Å². The minimum Gasteiger partial charge on any atom is -0.366 e. The summed E-state index contributed by atoms with van der Waals surface area (Å²) >= 11 is 0. The second-order valence-corrected chi connectivity index (χ2v) is 5.36. The lowest BCUT2D eigenvalue weighted by Gasteiger charge is -2.34. The molecule has 114 valence electrons. The number of nitrogens with zero attached hydrogens (tertiary/aromatic N) is 3. The Balaban J connectivity index is 2.05. The van der Waals surface area contributed by atoms with E-state index in [0.29, 0.717) is 25.3 Å². The molecule has 0 radical (unpaired) electrons. The Morgan fingerprint density at radius 1 is 1.38 bits per heavy atom. The summed E-state index contributed by atoms with van der Waals surface area (Å²) in [6, 6.07) is 6.79. The van der Waals surface area contributed by atoms with E-state index in [1.165, 1.54) is 6.07 Å². The standard InChI is InChI=1S/C15H21N3O3/c1-3-16(2)15(19)12-8-10-17(11-9-12)13-6-4-5-7-14(13)18(20)21/h4-7,12H,3,8-11H2,1-2H3. The fourth-order valence-corrected chi connectivity index (χ4v) is 2.72. The van der Waals surface area contributed by atoms with Gasteiger partial charge in [0.15, 0.2) is 0 Å². The average molecular weight is 291 g/mol. The zero-order chi connectivity index (χ0) is 15.4. The molecule has 0 aliphatic carbocycles. The van der Waals surface area contributed by atoms with Crippen molar-refractivity contribution in [3.05, 3.63) is 34.4 Å². The number of carbonyl (C=O) groups excluding carboxylic acids is 1. The van der Waals surface area contributed by atoms with E-state index in [4.69, 9.17) is 0 Å². The topological polar surface area (TPSA) is 66.7 Å². The summed E-state index contributed by atoms with van der Waals surface area (Å²) in [4.78, 5) is 26.6. The molecule has 0 N–H and O–H groups in total. The van der Waals surface area contributed by atoms with Gasteiger partial charge in [0, 0.05) is 38.7 Å². The van der Waals surface area contributed by atoms with Crippen LogP contribution in [0.1, 0.15) is 19.8 Å². The molecule has 0 aromatic heterocycles. The third-order valence-electron chi connectivity index (χ3n) is 4.11. The van der Waals surface area contributed by atoms with Crippen molar-refractivity contribution in [2.24, 2.45) is 5.92 Å². The number of amides is 1. The predicted octanol–water partition coefficient (Wildman–Crippen LogP) is 2.29. The van der Waals surface area contributed by atoms with E-state index in [-0.39, 0.29) is 22.4 Å². The molecule has 0 atom stereocenters. The maximum Gasteiger partial charge on any atom is 0.292 e. The van der Waals surface area contributed by atoms with Gasteiger partial charge in [0.1, 0.15) is 5.69 Å². The smallest absolute Gasteiger partial charge is 0.292 e. The van der Waals surface area contributed by atoms with Crippen molar-refractivity contribution in [3.63, 3.8) is 0 Å². The van der Waals surface area contributed by atoms with Gasteiger partial charge in [-0.2, -0.15) is 0 Å². The minimum atomic E-state index is -0.350. The van der Waals surface area contributed by atoms with Gasteiger partial charge in [-0.05, 0) is 25.8 Å². The SMILES string of the molecule is CCN(C)C(=O)C1CCN(c2ccccc2[N+](=O)[O-])CC1. The van der Waals surface area contributed by atoms with E-state index in [1.807, 2.05) is 24.9 Å². The Morgan fingerprint density at radius 3 is 2.57 bits per heavy atom. The molecule has 1 aliphatic rings. The lowest BCUT2D eigenvalue weighted by atomic mass is 9.95. The van der Waals surface area contributed by atoms with Crippen LogP contribution in [0.4, 0.5) is 11.4 Å². The van der Waals surface area contributed by atoms with Crippen LogP contribution in [0.3, 0.4) is 0 Å². The first-order chi connectivity index (χ1) is 10.0. The summed E-state index contributed by atoms with van der Waals surface area (Å²) in [7, 11) is 1.82. The summed E-state index contributed by atoms with van der Waals surface area (Å²) < 4.78 is 0. The van der Waals surface area contributed by atoms with Gasteiger partial charge in [-0.25, -0.2) is 0 Å². The van der Waals surface area contributed by atoms with Gasteiger partial charge in [-0.15, -0.1) is 0 Å². The fourth-order valence-electron chi connectivity index (χ4n) is 2.72. The normalized spacial score (nSPS) is 15.8. The van der Waals surface area contributed by atoms with E-state index in [0.717, 1.165) is 12.8 Å². The van der Waals surface area contributed by atoms with Gasteiger partial charge in [-0.1, -0.05) is 12.1 Å². The fraction of sp³-hybridized carbons (Fsp3) is 0.533. The lowest BCUT2D eigenvalue weighted by molar-refractivity contribution is -0.384. The van der Waals surface area contributed by atoms with E-state index in [9.17, 15) is 14.9 Å². The Labute approximate surface area is 124 Å². The van der Waals surface area contributed by atoms with E-state index >= 15 is 0 Å². The first-order valence-corrected chi connectivity index (χ1v) is 7.28. The third kappa shape index (κ3) is 3.32. The Morgan fingerprint density at radius 2 is 2.00 bits per heavy atom. The highest BCUT2D eigenvalue weighted by atomic mass is 16.6. The van der Waals surface area contributed by atoms with E-state index in [1.54, 1.807) is 17.0 Å². The highest BCUT2D eigenvalue weighted by Gasteiger charge is 2.29. The van der Waals surface area contributed by atoms with Crippen LogP contribution in [-0.2, 0) is 4.79 Å². The van der Waals surface area contributed by atoms with Crippen molar-refractivity contribution in [2.75, 3.05) is 31.6 Å². The highest BCUT2D eigenvalue weighted by Crippen LogP contribution is 2.31. The van der Waals surface area contributed by atoms with Crippen LogP contribution in [0.5, 0.6) is 0 Å². The van der Waals surface area contributed by atoms with Gasteiger partial charge in [-0.3, -0.25) is 14.9 Å². The van der Waals surface area contributed by atoms with Crippen molar-refractivity contribution >= 4 is 17.3 Å². The van der Waals surface area contributed by atoms with Gasteiger partial charge >= 0.3 is 0 Å². The number of piperidine rings is 1. The molecule has 0 spiro atoms. The summed E-state index contributed by atoms with van der Waals surface area (Å²) in [5.74, 6) is 0.216. The molecule has 21 heavy (non-hydrogen) atoms. The molecular weight excluding hydrogens is 270 g/mol. The molecule has 2 rings (SSSR count). The molecule has 1 aromatic carbocycles. The molecule has 6 nitrogen and oxygen atoms in total. The van der Waals surface area contributed by atoms with Crippen LogP contribution in [0.15, 0.2) is 24.3 Å². The number of carbonyl (C=O) groups is 1. The van der Waals surface area contributed by atoms with Crippen LogP contribution in [0, 0.1) is 16.0 Å². The molecule has 1 amide bonds. The lowest BCUT2D eigenvalue weighted by Crippen LogP contribution is -2.41. The molecule has 6 heteroatoms. The molecule has 1 saturated heterocycles. The highest BCUT2D eigenvalue weighted by molar-refractivity contribution is 5.79. The minimum absolute atomic E-state index is 0.0361. The van der Waals surface area contributed by atoms with E-state index in [2.05, 4.69) is 0 Å². The quantitative estimate of drug-likeness (QED) is 0.630. The maximum atomic E-state index is 12.1. The summed E-state index contributed by atoms with van der Waals surface area (Å²) in [6.07, 6.45) is 1.49. The first kappa shape index (κ1) is 15.3. The number of para-hydroxylation sites is 2. The zero-order valence-corrected chi connectivity index (χ0v) is 12.5. The summed E-state index contributed by atoms with van der Waals surface area (Å²) in [5.41, 5.74) is 0.783. The number of benzene rings is 1. The number of hydrogen-bond donors (Lipinski definition) is 0. The molecule has 0 bridgehead atoms. The van der Waals surface area contributed by atoms with Crippen molar-refractivity contribution in [1.29, 1.82) is 0 Å². The second kappa shape index (κ2) is 6.56. The maximum absolute atomic E-state index is 12.1. The number of hydrogen-bond acceptors (Lipinski definition) is 4. The number of anilines is 1. The molecule has 1 fully saturated rings. The average Bonchev–Trinajstić information content (AvgIpc) is 2.53. The second-order valence-electron chi connectivity index (χ2n) is 5.36. The summed E-state index contributed by atoms with van der Waals surface area (Å²) in [6.45, 7) is 4.03. The van der Waals surface area contributed by atoms with Crippen LogP contribution in [0.2, 0.25) is 0 Å². The Hall–Kier alpha value is -2.11. The van der Waals surface area contributed by atoms with Crippen LogP contribution >= 0.6 is 0 Å². The van der Waals surface area contributed by atoms with Crippen LogP contribution in [-0.4, -0.2) is 42.4 Å².